The predicted molar refractivity (Wildman–Crippen MR) is 121 cm³/mol. The zero-order chi connectivity index (χ0) is 22.8. The van der Waals surface area contributed by atoms with Gasteiger partial charge in [-0.15, -0.1) is 0 Å². The molecule has 32 heavy (non-hydrogen) atoms. The van der Waals surface area contributed by atoms with Crippen molar-refractivity contribution in [3.8, 4) is 0 Å². The fourth-order valence-electron chi connectivity index (χ4n) is 3.52. The standard InChI is InChI=1S/C25H18ClFN2O3/c1-15-5-2-3-8-22(15)29-24(31)20(23(30)28-25(29)32)13-17-9-10-18(21(26)14-17)11-16-6-4-7-19(27)12-16/h2-10,12-14H,11H2,1H3,(H,28,30,32)/b20-13+. The summed E-state index contributed by atoms with van der Waals surface area (Å²) in [6.45, 7) is 1.77. The zero-order valence-electron chi connectivity index (χ0n) is 17.1. The molecule has 0 saturated carbocycles. The van der Waals surface area contributed by atoms with E-state index in [-0.39, 0.29) is 11.4 Å². The van der Waals surface area contributed by atoms with Gasteiger partial charge in [0, 0.05) is 5.02 Å². The number of aryl methyl sites for hydroxylation is 1. The van der Waals surface area contributed by atoms with Gasteiger partial charge in [-0.2, -0.15) is 0 Å². The van der Waals surface area contributed by atoms with Crippen molar-refractivity contribution in [3.05, 3.63) is 105 Å². The van der Waals surface area contributed by atoms with Crippen LogP contribution in [-0.2, 0) is 16.0 Å². The summed E-state index contributed by atoms with van der Waals surface area (Å²) in [6.07, 6.45) is 1.83. The van der Waals surface area contributed by atoms with Crippen molar-refractivity contribution in [1.82, 2.24) is 5.32 Å². The van der Waals surface area contributed by atoms with Gasteiger partial charge in [0.2, 0.25) is 0 Å². The molecule has 1 heterocycles. The highest BCUT2D eigenvalue weighted by Crippen LogP contribution is 2.26. The molecule has 0 spiro atoms. The van der Waals surface area contributed by atoms with E-state index in [9.17, 15) is 18.8 Å². The molecule has 4 rings (SSSR count). The van der Waals surface area contributed by atoms with Crippen molar-refractivity contribution in [3.63, 3.8) is 0 Å². The Labute approximate surface area is 189 Å². The van der Waals surface area contributed by atoms with E-state index in [0.29, 0.717) is 22.7 Å². The molecule has 3 aromatic rings. The molecule has 0 aromatic heterocycles. The summed E-state index contributed by atoms with van der Waals surface area (Å²) in [6, 6.07) is 17.5. The number of carbonyl (C=O) groups excluding carboxylic acids is 3. The lowest BCUT2D eigenvalue weighted by Gasteiger charge is -2.27. The average Bonchev–Trinajstić information content (AvgIpc) is 2.74. The minimum absolute atomic E-state index is 0.179. The Morgan fingerprint density at radius 1 is 1.00 bits per heavy atom. The predicted octanol–water partition coefficient (Wildman–Crippen LogP) is 5.04. The fourth-order valence-corrected chi connectivity index (χ4v) is 3.78. The van der Waals surface area contributed by atoms with Crippen molar-refractivity contribution in [2.75, 3.05) is 4.90 Å². The third-order valence-electron chi connectivity index (χ3n) is 5.13. The molecule has 1 fully saturated rings. The largest absolute Gasteiger partial charge is 0.335 e. The van der Waals surface area contributed by atoms with Gasteiger partial charge in [0.1, 0.15) is 11.4 Å². The van der Waals surface area contributed by atoms with Crippen LogP contribution in [0.25, 0.3) is 6.08 Å². The molecule has 1 aliphatic rings. The molecule has 7 heteroatoms. The summed E-state index contributed by atoms with van der Waals surface area (Å²) >= 11 is 6.41. The highest BCUT2D eigenvalue weighted by molar-refractivity contribution is 6.39. The lowest BCUT2D eigenvalue weighted by atomic mass is 10.0. The molecule has 3 aromatic carbocycles. The first-order valence-corrected chi connectivity index (χ1v) is 10.2. The van der Waals surface area contributed by atoms with E-state index >= 15 is 0 Å². The SMILES string of the molecule is Cc1ccccc1N1C(=O)NC(=O)/C(=C\c2ccc(Cc3cccc(F)c3)c(Cl)c2)C1=O. The number of hydrogen-bond donors (Lipinski definition) is 1. The number of imide groups is 2. The van der Waals surface area contributed by atoms with Gasteiger partial charge in [-0.05, 0) is 65.9 Å². The van der Waals surface area contributed by atoms with Gasteiger partial charge in [0.15, 0.2) is 0 Å². The molecule has 160 valence electrons. The second kappa shape index (κ2) is 8.77. The van der Waals surface area contributed by atoms with Crippen LogP contribution in [-0.4, -0.2) is 17.8 Å². The first-order chi connectivity index (χ1) is 15.3. The average molecular weight is 449 g/mol. The van der Waals surface area contributed by atoms with Crippen molar-refractivity contribution in [2.24, 2.45) is 0 Å². The second-order valence-corrected chi connectivity index (χ2v) is 7.81. The summed E-state index contributed by atoms with van der Waals surface area (Å²) in [7, 11) is 0. The van der Waals surface area contributed by atoms with Crippen LogP contribution in [0.15, 0.2) is 72.3 Å². The first-order valence-electron chi connectivity index (χ1n) is 9.83. The molecule has 0 aliphatic carbocycles. The van der Waals surface area contributed by atoms with E-state index in [2.05, 4.69) is 5.32 Å². The first kappa shape index (κ1) is 21.5. The maximum Gasteiger partial charge on any atom is 0.335 e. The van der Waals surface area contributed by atoms with Crippen molar-refractivity contribution in [1.29, 1.82) is 0 Å². The maximum absolute atomic E-state index is 13.4. The molecule has 1 N–H and O–H groups in total. The summed E-state index contributed by atoms with van der Waals surface area (Å²) < 4.78 is 13.4. The highest BCUT2D eigenvalue weighted by atomic mass is 35.5. The molecule has 1 saturated heterocycles. The van der Waals surface area contributed by atoms with E-state index in [4.69, 9.17) is 11.6 Å². The van der Waals surface area contributed by atoms with Gasteiger partial charge in [-0.1, -0.05) is 54.1 Å². The van der Waals surface area contributed by atoms with Crippen LogP contribution in [0.2, 0.25) is 5.02 Å². The quantitative estimate of drug-likeness (QED) is 0.449. The molecule has 1 aliphatic heterocycles. The lowest BCUT2D eigenvalue weighted by molar-refractivity contribution is -0.122. The number of nitrogens with zero attached hydrogens (tertiary/aromatic N) is 1. The number of amides is 4. The summed E-state index contributed by atoms with van der Waals surface area (Å²) in [5, 5.41) is 2.63. The Hall–Kier alpha value is -3.77. The van der Waals surface area contributed by atoms with E-state index in [0.717, 1.165) is 21.6 Å². The molecular formula is C25H18ClFN2O3. The van der Waals surface area contributed by atoms with Crippen LogP contribution in [0.3, 0.4) is 0 Å². The van der Waals surface area contributed by atoms with E-state index in [1.807, 2.05) is 0 Å². The third kappa shape index (κ3) is 4.31. The third-order valence-corrected chi connectivity index (χ3v) is 5.48. The van der Waals surface area contributed by atoms with Gasteiger partial charge in [0.25, 0.3) is 11.8 Å². The van der Waals surface area contributed by atoms with Crippen LogP contribution in [0.5, 0.6) is 0 Å². The Kier molecular flexibility index (Phi) is 5.88. The second-order valence-electron chi connectivity index (χ2n) is 7.40. The smallest absolute Gasteiger partial charge is 0.273 e. The molecule has 5 nitrogen and oxygen atoms in total. The molecule has 0 unspecified atom stereocenters. The maximum atomic E-state index is 13.4. The normalized spacial score (nSPS) is 15.3. The number of halogens is 2. The van der Waals surface area contributed by atoms with Gasteiger partial charge in [-0.25, -0.2) is 14.1 Å². The number of anilines is 1. The lowest BCUT2D eigenvalue weighted by Crippen LogP contribution is -2.54. The van der Waals surface area contributed by atoms with E-state index in [1.165, 1.54) is 18.2 Å². The van der Waals surface area contributed by atoms with Crippen LogP contribution >= 0.6 is 11.6 Å². The van der Waals surface area contributed by atoms with Crippen LogP contribution in [0, 0.1) is 12.7 Å². The van der Waals surface area contributed by atoms with Gasteiger partial charge >= 0.3 is 6.03 Å². The number of rotatable bonds is 4. The number of nitrogens with one attached hydrogen (secondary N) is 1. The highest BCUT2D eigenvalue weighted by Gasteiger charge is 2.37. The fraction of sp³-hybridized carbons (Fsp3) is 0.0800. The minimum atomic E-state index is -0.796. The molecule has 4 amide bonds. The van der Waals surface area contributed by atoms with E-state index < -0.39 is 17.8 Å². The van der Waals surface area contributed by atoms with Crippen LogP contribution < -0.4 is 10.2 Å². The Morgan fingerprint density at radius 3 is 2.50 bits per heavy atom. The summed E-state index contributed by atoms with van der Waals surface area (Å²) in [5.41, 5.74) is 3.01. The van der Waals surface area contributed by atoms with Gasteiger partial charge < -0.3 is 0 Å². The van der Waals surface area contributed by atoms with Crippen LogP contribution in [0.1, 0.15) is 22.3 Å². The molecular weight excluding hydrogens is 431 g/mol. The van der Waals surface area contributed by atoms with Gasteiger partial charge in [0.05, 0.1) is 5.69 Å². The molecule has 0 bridgehead atoms. The van der Waals surface area contributed by atoms with Crippen molar-refractivity contribution < 1.29 is 18.8 Å². The zero-order valence-corrected chi connectivity index (χ0v) is 17.8. The Bertz CT molecular complexity index is 1290. The van der Waals surface area contributed by atoms with Crippen molar-refractivity contribution in [2.45, 2.75) is 13.3 Å². The Balaban J connectivity index is 1.64. The Morgan fingerprint density at radius 2 is 1.78 bits per heavy atom. The van der Waals surface area contributed by atoms with Gasteiger partial charge in [-0.3, -0.25) is 14.9 Å². The molecule has 0 atom stereocenters. The summed E-state index contributed by atoms with van der Waals surface area (Å²) in [4.78, 5) is 38.7. The minimum Gasteiger partial charge on any atom is -0.273 e. The number of urea groups is 1. The number of barbiturate groups is 1. The molecule has 0 radical (unpaired) electrons. The topological polar surface area (TPSA) is 66.5 Å². The van der Waals surface area contributed by atoms with Crippen molar-refractivity contribution >= 4 is 41.2 Å². The monoisotopic (exact) mass is 448 g/mol. The summed E-state index contributed by atoms with van der Waals surface area (Å²) in [5.74, 6) is -1.81. The number of benzene rings is 3. The number of hydrogen-bond acceptors (Lipinski definition) is 3. The number of carbonyl (C=O) groups is 3. The number of para-hydroxylation sites is 1. The van der Waals surface area contributed by atoms with Crippen LogP contribution in [0.4, 0.5) is 14.9 Å². The van der Waals surface area contributed by atoms with E-state index in [1.54, 1.807) is 61.5 Å².